The molecule has 0 saturated carbocycles. The number of likely N-dealkylation sites (N-methyl/N-ethyl adjacent to an activating group) is 1. The highest BCUT2D eigenvalue weighted by Crippen LogP contribution is 2.28. The summed E-state index contributed by atoms with van der Waals surface area (Å²) in [7, 11) is 3.42. The van der Waals surface area contributed by atoms with Crippen molar-refractivity contribution in [2.24, 2.45) is 0 Å². The first-order valence-corrected chi connectivity index (χ1v) is 6.09. The number of methoxy groups -OCH3 is 1. The first kappa shape index (κ1) is 12.7. The zero-order chi connectivity index (χ0) is 13.0. The monoisotopic (exact) mass is 249 g/mol. The van der Waals surface area contributed by atoms with Crippen LogP contribution in [0.15, 0.2) is 18.2 Å². The molecule has 0 unspecified atom stereocenters. The molecule has 5 heteroatoms. The SMILES string of the molecule is COCCN(C)C(=O)c1cccc2c1NCCN2. The van der Waals surface area contributed by atoms with E-state index >= 15 is 0 Å². The average molecular weight is 249 g/mol. The van der Waals surface area contributed by atoms with E-state index in [2.05, 4.69) is 10.6 Å². The Hall–Kier alpha value is -1.75. The Kier molecular flexibility index (Phi) is 4.04. The van der Waals surface area contributed by atoms with Gasteiger partial charge < -0.3 is 20.3 Å². The summed E-state index contributed by atoms with van der Waals surface area (Å²) >= 11 is 0. The van der Waals surface area contributed by atoms with Gasteiger partial charge in [0.05, 0.1) is 23.5 Å². The Bertz CT molecular complexity index is 434. The highest BCUT2D eigenvalue weighted by molar-refractivity contribution is 6.02. The molecule has 1 heterocycles. The maximum atomic E-state index is 12.3. The molecule has 0 aromatic heterocycles. The highest BCUT2D eigenvalue weighted by atomic mass is 16.5. The molecule has 0 atom stereocenters. The van der Waals surface area contributed by atoms with E-state index in [9.17, 15) is 4.79 Å². The van der Waals surface area contributed by atoms with Crippen molar-refractivity contribution in [2.75, 3.05) is 51.0 Å². The van der Waals surface area contributed by atoms with E-state index in [4.69, 9.17) is 4.74 Å². The van der Waals surface area contributed by atoms with Gasteiger partial charge in [0.25, 0.3) is 5.91 Å². The summed E-state index contributed by atoms with van der Waals surface area (Å²) in [6, 6.07) is 5.73. The van der Waals surface area contributed by atoms with Crippen LogP contribution < -0.4 is 10.6 Å². The third kappa shape index (κ3) is 2.56. The van der Waals surface area contributed by atoms with Gasteiger partial charge in [0, 0.05) is 33.8 Å². The second-order valence-electron chi connectivity index (χ2n) is 4.30. The number of rotatable bonds is 4. The molecule has 18 heavy (non-hydrogen) atoms. The van der Waals surface area contributed by atoms with Crippen LogP contribution in [0.5, 0.6) is 0 Å². The number of anilines is 2. The van der Waals surface area contributed by atoms with Gasteiger partial charge in [0.1, 0.15) is 0 Å². The van der Waals surface area contributed by atoms with Crippen molar-refractivity contribution < 1.29 is 9.53 Å². The number of carbonyl (C=O) groups is 1. The molecule has 0 saturated heterocycles. The van der Waals surface area contributed by atoms with Crippen molar-refractivity contribution in [3.8, 4) is 0 Å². The molecule has 5 nitrogen and oxygen atoms in total. The van der Waals surface area contributed by atoms with Crippen LogP contribution >= 0.6 is 0 Å². The molecule has 98 valence electrons. The lowest BCUT2D eigenvalue weighted by molar-refractivity contribution is 0.0745. The Morgan fingerprint density at radius 2 is 2.17 bits per heavy atom. The summed E-state index contributed by atoms with van der Waals surface area (Å²) < 4.78 is 4.99. The number of para-hydroxylation sites is 1. The van der Waals surface area contributed by atoms with Crippen molar-refractivity contribution in [1.82, 2.24) is 4.90 Å². The molecule has 0 fully saturated rings. The quantitative estimate of drug-likeness (QED) is 0.843. The number of nitrogens with zero attached hydrogens (tertiary/aromatic N) is 1. The van der Waals surface area contributed by atoms with Gasteiger partial charge in [-0.15, -0.1) is 0 Å². The Morgan fingerprint density at radius 3 is 2.94 bits per heavy atom. The molecule has 2 rings (SSSR count). The van der Waals surface area contributed by atoms with E-state index in [-0.39, 0.29) is 5.91 Å². The van der Waals surface area contributed by atoms with Crippen LogP contribution in [-0.4, -0.2) is 51.2 Å². The van der Waals surface area contributed by atoms with Gasteiger partial charge in [0.15, 0.2) is 0 Å². The minimum absolute atomic E-state index is 0.0140. The van der Waals surface area contributed by atoms with Crippen molar-refractivity contribution in [3.05, 3.63) is 23.8 Å². The number of carbonyl (C=O) groups excluding carboxylic acids is 1. The van der Waals surface area contributed by atoms with Crippen LogP contribution in [0, 0.1) is 0 Å². The number of fused-ring (bicyclic) bond motifs is 1. The van der Waals surface area contributed by atoms with E-state index in [1.807, 2.05) is 18.2 Å². The second kappa shape index (κ2) is 5.73. The van der Waals surface area contributed by atoms with Crippen LogP contribution in [0.4, 0.5) is 11.4 Å². The van der Waals surface area contributed by atoms with Gasteiger partial charge in [-0.05, 0) is 12.1 Å². The topological polar surface area (TPSA) is 53.6 Å². The molecule has 1 aliphatic rings. The molecular formula is C13H19N3O2. The number of benzene rings is 1. The van der Waals surface area contributed by atoms with Crippen LogP contribution in [0.3, 0.4) is 0 Å². The van der Waals surface area contributed by atoms with Gasteiger partial charge in [-0.3, -0.25) is 4.79 Å². The number of hydrogen-bond donors (Lipinski definition) is 2. The molecule has 1 amide bonds. The third-order valence-electron chi connectivity index (χ3n) is 3.01. The third-order valence-corrected chi connectivity index (χ3v) is 3.01. The van der Waals surface area contributed by atoms with Crippen LogP contribution in [0.2, 0.25) is 0 Å². The smallest absolute Gasteiger partial charge is 0.255 e. The molecular weight excluding hydrogens is 230 g/mol. The van der Waals surface area contributed by atoms with E-state index < -0.39 is 0 Å². The lowest BCUT2D eigenvalue weighted by Crippen LogP contribution is -2.31. The maximum Gasteiger partial charge on any atom is 0.255 e. The molecule has 0 aliphatic carbocycles. The van der Waals surface area contributed by atoms with Crippen molar-refractivity contribution >= 4 is 17.3 Å². The van der Waals surface area contributed by atoms with Crippen LogP contribution in [0.1, 0.15) is 10.4 Å². The first-order chi connectivity index (χ1) is 8.74. The minimum atomic E-state index is 0.0140. The summed E-state index contributed by atoms with van der Waals surface area (Å²) in [5.41, 5.74) is 2.60. The molecule has 0 spiro atoms. The van der Waals surface area contributed by atoms with Gasteiger partial charge in [0.2, 0.25) is 0 Å². The highest BCUT2D eigenvalue weighted by Gasteiger charge is 2.19. The largest absolute Gasteiger partial charge is 0.383 e. The zero-order valence-corrected chi connectivity index (χ0v) is 10.8. The van der Waals surface area contributed by atoms with E-state index in [1.54, 1.807) is 19.1 Å². The summed E-state index contributed by atoms with van der Waals surface area (Å²) in [5.74, 6) is 0.0140. The predicted molar refractivity (Wildman–Crippen MR) is 72.3 cm³/mol. The Balaban J connectivity index is 2.19. The lowest BCUT2D eigenvalue weighted by Gasteiger charge is -2.24. The number of nitrogens with one attached hydrogen (secondary N) is 2. The summed E-state index contributed by atoms with van der Waals surface area (Å²) in [5, 5.41) is 6.56. The molecule has 0 bridgehead atoms. The van der Waals surface area contributed by atoms with Crippen LogP contribution in [0.25, 0.3) is 0 Å². The Morgan fingerprint density at radius 1 is 1.39 bits per heavy atom. The molecule has 1 aromatic carbocycles. The normalized spacial score (nSPS) is 13.2. The lowest BCUT2D eigenvalue weighted by atomic mass is 10.1. The average Bonchev–Trinajstić information content (AvgIpc) is 2.43. The maximum absolute atomic E-state index is 12.3. The van der Waals surface area contributed by atoms with Gasteiger partial charge in [-0.25, -0.2) is 0 Å². The fraction of sp³-hybridized carbons (Fsp3) is 0.462. The molecule has 1 aromatic rings. The van der Waals surface area contributed by atoms with E-state index in [0.29, 0.717) is 18.7 Å². The van der Waals surface area contributed by atoms with E-state index in [0.717, 1.165) is 24.5 Å². The molecule has 0 radical (unpaired) electrons. The van der Waals surface area contributed by atoms with Gasteiger partial charge >= 0.3 is 0 Å². The van der Waals surface area contributed by atoms with Gasteiger partial charge in [-0.1, -0.05) is 6.07 Å². The standard InChI is InChI=1S/C13H19N3O2/c1-16(8-9-18-2)13(17)10-4-3-5-11-12(10)15-7-6-14-11/h3-5,14-15H,6-9H2,1-2H3. The van der Waals surface area contributed by atoms with Crippen molar-refractivity contribution in [2.45, 2.75) is 0 Å². The fourth-order valence-electron chi connectivity index (χ4n) is 1.99. The van der Waals surface area contributed by atoms with Gasteiger partial charge in [-0.2, -0.15) is 0 Å². The fourth-order valence-corrected chi connectivity index (χ4v) is 1.99. The van der Waals surface area contributed by atoms with E-state index in [1.165, 1.54) is 0 Å². The first-order valence-electron chi connectivity index (χ1n) is 6.09. The van der Waals surface area contributed by atoms with Crippen molar-refractivity contribution in [3.63, 3.8) is 0 Å². The summed E-state index contributed by atoms with van der Waals surface area (Å²) in [6.45, 7) is 2.85. The second-order valence-corrected chi connectivity index (χ2v) is 4.30. The molecule has 1 aliphatic heterocycles. The number of hydrogen-bond acceptors (Lipinski definition) is 4. The molecule has 2 N–H and O–H groups in total. The summed E-state index contributed by atoms with van der Waals surface area (Å²) in [6.07, 6.45) is 0. The predicted octanol–water partition coefficient (Wildman–Crippen LogP) is 1.24. The number of amides is 1. The Labute approximate surface area is 107 Å². The van der Waals surface area contributed by atoms with Crippen LogP contribution in [-0.2, 0) is 4.74 Å². The minimum Gasteiger partial charge on any atom is -0.383 e. The van der Waals surface area contributed by atoms with Crippen molar-refractivity contribution in [1.29, 1.82) is 0 Å². The summed E-state index contributed by atoms with van der Waals surface area (Å²) in [4.78, 5) is 14.0. The zero-order valence-electron chi connectivity index (χ0n) is 10.8. The number of ether oxygens (including phenoxy) is 1.